The van der Waals surface area contributed by atoms with E-state index < -0.39 is 0 Å². The van der Waals surface area contributed by atoms with Gasteiger partial charge in [-0.25, -0.2) is 0 Å². The highest BCUT2D eigenvalue weighted by Crippen LogP contribution is 2.24. The first kappa shape index (κ1) is 13.1. The monoisotopic (exact) mass is 409 g/mol. The second-order valence-electron chi connectivity index (χ2n) is 4.13. The van der Waals surface area contributed by atoms with Gasteiger partial charge in [0, 0.05) is 21.5 Å². The normalized spacial score (nSPS) is 17.2. The summed E-state index contributed by atoms with van der Waals surface area (Å²) in [6.45, 7) is 1.50. The molecule has 1 heterocycles. The summed E-state index contributed by atoms with van der Waals surface area (Å²) in [6.07, 6.45) is 1.94. The predicted molar refractivity (Wildman–Crippen MR) is 78.7 cm³/mol. The Morgan fingerprint density at radius 2 is 2.06 bits per heavy atom. The minimum atomic E-state index is -0.0691. The van der Waals surface area contributed by atoms with Crippen molar-refractivity contribution in [2.45, 2.75) is 17.7 Å². The molecule has 0 aromatic heterocycles. The third-order valence-electron chi connectivity index (χ3n) is 2.90. The highest BCUT2D eigenvalue weighted by molar-refractivity contribution is 14.1. The lowest BCUT2D eigenvalue weighted by atomic mass is 10.1. The van der Waals surface area contributed by atoms with Crippen molar-refractivity contribution in [3.05, 3.63) is 27.3 Å². The minimum absolute atomic E-state index is 0.0661. The molecule has 1 amide bonds. The molecule has 3 nitrogen and oxygen atoms in total. The van der Waals surface area contributed by atoms with E-state index in [-0.39, 0.29) is 11.7 Å². The van der Waals surface area contributed by atoms with E-state index in [1.807, 2.05) is 4.90 Å². The molecule has 1 aromatic carbocycles. The molecule has 0 aliphatic carbocycles. The van der Waals surface area contributed by atoms with Crippen LogP contribution >= 0.6 is 38.5 Å². The van der Waals surface area contributed by atoms with E-state index in [2.05, 4.69) is 38.5 Å². The summed E-state index contributed by atoms with van der Waals surface area (Å²) in [4.78, 5) is 14.5. The summed E-state index contributed by atoms with van der Waals surface area (Å²) in [6, 6.07) is 5.10. The number of aromatic hydroxyl groups is 1. The molecule has 1 fully saturated rings. The molecule has 0 atom stereocenters. The summed E-state index contributed by atoms with van der Waals surface area (Å²) in [5.74, 6) is -0.00297. The lowest BCUT2D eigenvalue weighted by Crippen LogP contribution is -2.38. The molecule has 5 heteroatoms. The molecular weight excluding hydrogens is 397 g/mol. The highest BCUT2D eigenvalue weighted by Gasteiger charge is 2.23. The van der Waals surface area contributed by atoms with Crippen LogP contribution < -0.4 is 0 Å². The number of likely N-dealkylation sites (tertiary alicyclic amines) is 1. The van der Waals surface area contributed by atoms with Crippen LogP contribution in [0.5, 0.6) is 5.75 Å². The number of alkyl halides is 1. The molecular formula is C12H13BrINO2. The fourth-order valence-electron chi connectivity index (χ4n) is 1.90. The lowest BCUT2D eigenvalue weighted by Gasteiger charge is -2.29. The van der Waals surface area contributed by atoms with Gasteiger partial charge < -0.3 is 10.0 Å². The van der Waals surface area contributed by atoms with Crippen LogP contribution in [-0.4, -0.2) is 33.8 Å². The molecule has 1 N–H and O–H groups in total. The van der Waals surface area contributed by atoms with Gasteiger partial charge in [-0.2, -0.15) is 0 Å². The number of rotatable bonds is 1. The molecule has 1 aliphatic rings. The quantitative estimate of drug-likeness (QED) is 0.572. The van der Waals surface area contributed by atoms with Crippen molar-refractivity contribution in [2.24, 2.45) is 0 Å². The van der Waals surface area contributed by atoms with Crippen molar-refractivity contribution in [1.82, 2.24) is 4.90 Å². The molecule has 2 rings (SSSR count). The Bertz CT molecular complexity index is 431. The zero-order valence-corrected chi connectivity index (χ0v) is 12.9. The summed E-state index contributed by atoms with van der Waals surface area (Å²) in [5, 5.41) is 9.73. The van der Waals surface area contributed by atoms with Gasteiger partial charge in [0.2, 0.25) is 0 Å². The van der Waals surface area contributed by atoms with Gasteiger partial charge in [-0.05, 0) is 53.6 Å². The van der Waals surface area contributed by atoms with Crippen molar-refractivity contribution >= 4 is 44.4 Å². The molecule has 92 valence electrons. The number of hydrogen-bond acceptors (Lipinski definition) is 2. The maximum atomic E-state index is 12.2. The van der Waals surface area contributed by atoms with Crippen molar-refractivity contribution in [3.8, 4) is 5.75 Å². The number of halogens is 2. The number of benzene rings is 1. The number of nitrogens with zero attached hydrogens (tertiary/aromatic N) is 1. The van der Waals surface area contributed by atoms with Crippen LogP contribution in [0.1, 0.15) is 23.2 Å². The van der Waals surface area contributed by atoms with Gasteiger partial charge in [0.1, 0.15) is 5.75 Å². The molecule has 0 spiro atoms. The predicted octanol–water partition coefficient (Wildman–Crippen LogP) is 3.00. The number of amides is 1. The van der Waals surface area contributed by atoms with Crippen LogP contribution in [0.15, 0.2) is 18.2 Å². The molecule has 1 aromatic rings. The van der Waals surface area contributed by atoms with Gasteiger partial charge in [-0.15, -0.1) is 0 Å². The lowest BCUT2D eigenvalue weighted by molar-refractivity contribution is 0.0725. The Hall–Kier alpha value is -0.300. The number of piperidine rings is 1. The fourth-order valence-corrected chi connectivity index (χ4v) is 2.80. The van der Waals surface area contributed by atoms with Gasteiger partial charge in [-0.1, -0.05) is 15.9 Å². The summed E-state index contributed by atoms with van der Waals surface area (Å²) in [7, 11) is 0. The zero-order chi connectivity index (χ0) is 12.4. The summed E-state index contributed by atoms with van der Waals surface area (Å²) >= 11 is 5.70. The van der Waals surface area contributed by atoms with Gasteiger partial charge >= 0.3 is 0 Å². The Labute approximate surface area is 122 Å². The smallest absolute Gasteiger partial charge is 0.257 e. The second kappa shape index (κ2) is 5.56. The second-order valence-corrected chi connectivity index (χ2v) is 6.67. The first-order valence-corrected chi connectivity index (χ1v) is 7.49. The van der Waals surface area contributed by atoms with E-state index in [4.69, 9.17) is 0 Å². The average molecular weight is 410 g/mol. The number of carbonyl (C=O) groups excluding carboxylic acids is 1. The Morgan fingerprint density at radius 1 is 1.41 bits per heavy atom. The van der Waals surface area contributed by atoms with Crippen molar-refractivity contribution < 1.29 is 9.90 Å². The first-order chi connectivity index (χ1) is 8.08. The summed E-state index contributed by atoms with van der Waals surface area (Å²) in [5.41, 5.74) is 0.407. The third-order valence-corrected chi connectivity index (χ3v) is 4.49. The van der Waals surface area contributed by atoms with E-state index >= 15 is 0 Å². The van der Waals surface area contributed by atoms with E-state index in [1.165, 1.54) is 0 Å². The van der Waals surface area contributed by atoms with Crippen LogP contribution in [-0.2, 0) is 0 Å². The van der Waals surface area contributed by atoms with Gasteiger partial charge in [0.05, 0.1) is 5.56 Å². The Balaban J connectivity index is 2.16. The van der Waals surface area contributed by atoms with Crippen molar-refractivity contribution in [2.75, 3.05) is 13.1 Å². The van der Waals surface area contributed by atoms with Crippen LogP contribution in [0.4, 0.5) is 0 Å². The van der Waals surface area contributed by atoms with Crippen molar-refractivity contribution in [3.63, 3.8) is 0 Å². The van der Waals surface area contributed by atoms with Crippen molar-refractivity contribution in [1.29, 1.82) is 0 Å². The van der Waals surface area contributed by atoms with Gasteiger partial charge in [0.25, 0.3) is 5.91 Å². The van der Waals surface area contributed by atoms with Crippen LogP contribution in [0, 0.1) is 3.57 Å². The minimum Gasteiger partial charge on any atom is -0.507 e. The number of phenols is 1. The SMILES string of the molecule is O=C(c1cc(I)ccc1O)N1CCC(Br)CC1. The topological polar surface area (TPSA) is 40.5 Å². The maximum Gasteiger partial charge on any atom is 0.257 e. The Morgan fingerprint density at radius 3 is 2.71 bits per heavy atom. The standard InChI is InChI=1S/C12H13BrINO2/c13-8-3-5-15(6-4-8)12(17)10-7-9(14)1-2-11(10)16/h1-2,7-8,16H,3-6H2. The van der Waals surface area contributed by atoms with Gasteiger partial charge in [-0.3, -0.25) is 4.79 Å². The van der Waals surface area contributed by atoms with Gasteiger partial charge in [0.15, 0.2) is 0 Å². The number of phenolic OH excluding ortho intramolecular Hbond substituents is 1. The van der Waals surface area contributed by atoms with E-state index in [1.54, 1.807) is 18.2 Å². The van der Waals surface area contributed by atoms with E-state index in [0.29, 0.717) is 10.4 Å². The average Bonchev–Trinajstić information content (AvgIpc) is 2.32. The molecule has 0 unspecified atom stereocenters. The zero-order valence-electron chi connectivity index (χ0n) is 9.20. The third kappa shape index (κ3) is 3.13. The molecule has 1 aliphatic heterocycles. The number of hydrogen-bond donors (Lipinski definition) is 1. The van der Waals surface area contributed by atoms with Crippen LogP contribution in [0.2, 0.25) is 0 Å². The maximum absolute atomic E-state index is 12.2. The molecule has 1 saturated heterocycles. The number of carbonyl (C=O) groups is 1. The molecule has 0 saturated carbocycles. The molecule has 0 bridgehead atoms. The van der Waals surface area contributed by atoms with E-state index in [0.717, 1.165) is 29.5 Å². The van der Waals surface area contributed by atoms with E-state index in [9.17, 15) is 9.90 Å². The van der Waals surface area contributed by atoms with Crippen LogP contribution in [0.25, 0.3) is 0 Å². The summed E-state index contributed by atoms with van der Waals surface area (Å²) < 4.78 is 0.958. The highest BCUT2D eigenvalue weighted by atomic mass is 127. The fraction of sp³-hybridized carbons (Fsp3) is 0.417. The Kier molecular flexibility index (Phi) is 4.30. The van der Waals surface area contributed by atoms with Crippen LogP contribution in [0.3, 0.4) is 0 Å². The molecule has 17 heavy (non-hydrogen) atoms. The first-order valence-electron chi connectivity index (χ1n) is 5.50. The molecule has 0 radical (unpaired) electrons. The largest absolute Gasteiger partial charge is 0.507 e.